The van der Waals surface area contributed by atoms with Gasteiger partial charge in [0.1, 0.15) is 17.6 Å². The molecule has 0 N–H and O–H groups in total. The zero-order valence-electron chi connectivity index (χ0n) is 10.4. The van der Waals surface area contributed by atoms with E-state index in [1.165, 1.54) is 0 Å². The first kappa shape index (κ1) is 13.1. The summed E-state index contributed by atoms with van der Waals surface area (Å²) in [5, 5.41) is 2.29. The van der Waals surface area contributed by atoms with Gasteiger partial charge in [-0.1, -0.05) is 28.1 Å². The summed E-state index contributed by atoms with van der Waals surface area (Å²) >= 11 is 3.45. The molecule has 2 nitrogen and oxygen atoms in total. The molecular formula is C15H15BrO2. The number of Topliss-reactive ketones (excluding diaryl/α,β-unsaturated/α-hetero) is 1. The van der Waals surface area contributed by atoms with Gasteiger partial charge in [-0.25, -0.2) is 0 Å². The predicted molar refractivity (Wildman–Crippen MR) is 77.0 cm³/mol. The number of halogens is 1. The highest BCUT2D eigenvalue weighted by molar-refractivity contribution is 9.10. The molecule has 0 saturated carbocycles. The lowest BCUT2D eigenvalue weighted by molar-refractivity contribution is -0.118. The number of hydrogen-bond acceptors (Lipinski definition) is 2. The van der Waals surface area contributed by atoms with E-state index in [4.69, 9.17) is 4.74 Å². The first-order valence-electron chi connectivity index (χ1n) is 5.90. The van der Waals surface area contributed by atoms with Crippen LogP contribution in [0.1, 0.15) is 20.3 Å². The third-order valence-corrected chi connectivity index (χ3v) is 3.18. The molecule has 0 aliphatic rings. The quantitative estimate of drug-likeness (QED) is 0.839. The van der Waals surface area contributed by atoms with Crippen LogP contribution >= 0.6 is 15.9 Å². The molecule has 1 atom stereocenters. The fourth-order valence-corrected chi connectivity index (χ4v) is 2.33. The zero-order chi connectivity index (χ0) is 13.1. The molecule has 0 heterocycles. The van der Waals surface area contributed by atoms with Gasteiger partial charge in [0.05, 0.1) is 0 Å². The van der Waals surface area contributed by atoms with Crippen LogP contribution in [0, 0.1) is 0 Å². The van der Waals surface area contributed by atoms with Crippen molar-refractivity contribution < 1.29 is 9.53 Å². The lowest BCUT2D eigenvalue weighted by Crippen LogP contribution is -2.15. The number of rotatable bonds is 4. The van der Waals surface area contributed by atoms with Gasteiger partial charge in [0, 0.05) is 10.9 Å². The van der Waals surface area contributed by atoms with E-state index in [-0.39, 0.29) is 11.9 Å². The van der Waals surface area contributed by atoms with E-state index in [9.17, 15) is 4.79 Å². The third kappa shape index (κ3) is 3.33. The molecule has 0 spiro atoms. The van der Waals surface area contributed by atoms with Crippen molar-refractivity contribution in [2.24, 2.45) is 0 Å². The Morgan fingerprint density at radius 2 is 1.89 bits per heavy atom. The number of hydrogen-bond donors (Lipinski definition) is 0. The average molecular weight is 307 g/mol. The summed E-state index contributed by atoms with van der Waals surface area (Å²) in [5.41, 5.74) is 0. The molecule has 18 heavy (non-hydrogen) atoms. The molecule has 2 rings (SSSR count). The van der Waals surface area contributed by atoms with Gasteiger partial charge in [-0.15, -0.1) is 0 Å². The van der Waals surface area contributed by atoms with Crippen molar-refractivity contribution in [3.8, 4) is 5.75 Å². The van der Waals surface area contributed by atoms with Crippen molar-refractivity contribution in [3.63, 3.8) is 0 Å². The van der Waals surface area contributed by atoms with Gasteiger partial charge < -0.3 is 4.74 Å². The van der Waals surface area contributed by atoms with Gasteiger partial charge in [-0.05, 0) is 48.9 Å². The molecule has 0 amide bonds. The maximum Gasteiger partial charge on any atom is 0.133 e. The Morgan fingerprint density at radius 1 is 1.22 bits per heavy atom. The predicted octanol–water partition coefficient (Wildman–Crippen LogP) is 4.35. The number of carbonyl (C=O) groups excluding carboxylic acids is 1. The first-order valence-corrected chi connectivity index (χ1v) is 6.69. The Hall–Kier alpha value is -1.35. The number of fused-ring (bicyclic) bond motifs is 1. The highest BCUT2D eigenvalue weighted by atomic mass is 79.9. The molecular weight excluding hydrogens is 292 g/mol. The molecule has 0 radical (unpaired) electrons. The summed E-state index contributed by atoms with van der Waals surface area (Å²) in [6, 6.07) is 12.1. The normalized spacial score (nSPS) is 12.4. The van der Waals surface area contributed by atoms with Crippen LogP contribution in [0.25, 0.3) is 10.8 Å². The minimum absolute atomic E-state index is 0.0876. The summed E-state index contributed by atoms with van der Waals surface area (Å²) in [6.45, 7) is 3.49. The summed E-state index contributed by atoms with van der Waals surface area (Å²) < 4.78 is 6.79. The van der Waals surface area contributed by atoms with E-state index in [0.717, 1.165) is 21.0 Å². The van der Waals surface area contributed by atoms with E-state index in [0.29, 0.717) is 6.42 Å². The Bertz CT molecular complexity index is 578. The third-order valence-electron chi connectivity index (χ3n) is 2.69. The molecule has 2 aromatic rings. The topological polar surface area (TPSA) is 26.3 Å². The van der Waals surface area contributed by atoms with Crippen molar-refractivity contribution >= 4 is 32.5 Å². The van der Waals surface area contributed by atoms with Gasteiger partial charge >= 0.3 is 0 Å². The Kier molecular flexibility index (Phi) is 4.02. The first-order chi connectivity index (χ1) is 8.54. The molecule has 0 aromatic heterocycles. The minimum Gasteiger partial charge on any atom is -0.490 e. The van der Waals surface area contributed by atoms with Gasteiger partial charge in [0.15, 0.2) is 0 Å². The lowest BCUT2D eigenvalue weighted by Gasteiger charge is -2.13. The standard InChI is InChI=1S/C15H15BrO2/c1-10(17)7-11(2)18-15-6-4-12-8-14(16)5-3-13(12)9-15/h3-6,8-9,11H,7H2,1-2H3. The summed E-state index contributed by atoms with van der Waals surface area (Å²) in [7, 11) is 0. The average Bonchev–Trinajstić information content (AvgIpc) is 2.28. The second-order valence-electron chi connectivity index (χ2n) is 4.49. The zero-order valence-corrected chi connectivity index (χ0v) is 12.0. The van der Waals surface area contributed by atoms with Gasteiger partial charge in [0.25, 0.3) is 0 Å². The van der Waals surface area contributed by atoms with E-state index >= 15 is 0 Å². The van der Waals surface area contributed by atoms with Gasteiger partial charge in [0.2, 0.25) is 0 Å². The molecule has 0 saturated heterocycles. The maximum absolute atomic E-state index is 11.0. The van der Waals surface area contributed by atoms with Crippen molar-refractivity contribution in [1.82, 2.24) is 0 Å². The lowest BCUT2D eigenvalue weighted by atomic mass is 10.1. The molecule has 2 aromatic carbocycles. The van der Waals surface area contributed by atoms with E-state index in [2.05, 4.69) is 22.0 Å². The number of ketones is 1. The minimum atomic E-state index is -0.0876. The van der Waals surface area contributed by atoms with Crippen LogP contribution in [-0.2, 0) is 4.79 Å². The summed E-state index contributed by atoms with van der Waals surface area (Å²) in [4.78, 5) is 11.0. The van der Waals surface area contributed by atoms with Crippen molar-refractivity contribution in [2.45, 2.75) is 26.4 Å². The van der Waals surface area contributed by atoms with Crippen LogP contribution in [0.2, 0.25) is 0 Å². The van der Waals surface area contributed by atoms with Crippen LogP contribution in [0.3, 0.4) is 0 Å². The van der Waals surface area contributed by atoms with Crippen LogP contribution in [0.15, 0.2) is 40.9 Å². The van der Waals surface area contributed by atoms with Crippen molar-refractivity contribution in [3.05, 3.63) is 40.9 Å². The van der Waals surface area contributed by atoms with Crippen LogP contribution in [0.5, 0.6) is 5.75 Å². The second kappa shape index (κ2) is 5.53. The van der Waals surface area contributed by atoms with Crippen LogP contribution in [-0.4, -0.2) is 11.9 Å². The summed E-state index contributed by atoms with van der Waals surface area (Å²) in [6.07, 6.45) is 0.355. The molecule has 3 heteroatoms. The Balaban J connectivity index is 2.20. The number of ether oxygens (including phenoxy) is 1. The smallest absolute Gasteiger partial charge is 0.133 e. The fraction of sp³-hybridized carbons (Fsp3) is 0.267. The van der Waals surface area contributed by atoms with Crippen LogP contribution in [0.4, 0.5) is 0 Å². The highest BCUT2D eigenvalue weighted by Gasteiger charge is 2.07. The number of benzene rings is 2. The van der Waals surface area contributed by atoms with Crippen molar-refractivity contribution in [1.29, 1.82) is 0 Å². The highest BCUT2D eigenvalue weighted by Crippen LogP contribution is 2.24. The Labute approximate surface area is 115 Å². The largest absolute Gasteiger partial charge is 0.490 e. The fourth-order valence-electron chi connectivity index (χ4n) is 1.95. The number of carbonyl (C=O) groups is 1. The molecule has 0 fully saturated rings. The second-order valence-corrected chi connectivity index (χ2v) is 5.40. The van der Waals surface area contributed by atoms with Crippen LogP contribution < -0.4 is 4.74 Å². The van der Waals surface area contributed by atoms with E-state index in [1.807, 2.05) is 37.3 Å². The van der Waals surface area contributed by atoms with E-state index in [1.54, 1.807) is 6.92 Å². The molecule has 1 unspecified atom stereocenters. The van der Waals surface area contributed by atoms with E-state index < -0.39 is 0 Å². The molecule has 0 bridgehead atoms. The monoisotopic (exact) mass is 306 g/mol. The van der Waals surface area contributed by atoms with Gasteiger partial charge in [-0.3, -0.25) is 4.79 Å². The van der Waals surface area contributed by atoms with Gasteiger partial charge in [-0.2, -0.15) is 0 Å². The molecule has 94 valence electrons. The SMILES string of the molecule is CC(=O)CC(C)Oc1ccc2cc(Br)ccc2c1. The summed E-state index contributed by atoms with van der Waals surface area (Å²) in [5.74, 6) is 0.950. The molecule has 0 aliphatic carbocycles. The molecule has 0 aliphatic heterocycles. The van der Waals surface area contributed by atoms with Crippen molar-refractivity contribution in [2.75, 3.05) is 0 Å². The Morgan fingerprint density at radius 3 is 2.61 bits per heavy atom. The maximum atomic E-state index is 11.0.